The first-order valence-electron chi connectivity index (χ1n) is 7.82. The Morgan fingerprint density at radius 2 is 1.72 bits per heavy atom. The van der Waals surface area contributed by atoms with E-state index in [1.54, 1.807) is 12.1 Å². The largest absolute Gasteiger partial charge is 0.497 e. The average molecular weight is 362 g/mol. The van der Waals surface area contributed by atoms with Gasteiger partial charge in [-0.05, 0) is 61.4 Å². The second-order valence-corrected chi connectivity index (χ2v) is 7.44. The number of methoxy groups -OCH3 is 1. The van der Waals surface area contributed by atoms with Gasteiger partial charge in [0, 0.05) is 18.7 Å². The predicted molar refractivity (Wildman–Crippen MR) is 97.3 cm³/mol. The summed E-state index contributed by atoms with van der Waals surface area (Å²) < 4.78 is 31.8. The Labute approximate surface area is 148 Å². The summed E-state index contributed by atoms with van der Waals surface area (Å²) in [5.41, 5.74) is 2.93. The van der Waals surface area contributed by atoms with E-state index in [0.29, 0.717) is 11.4 Å². The van der Waals surface area contributed by atoms with Crippen LogP contribution in [0.25, 0.3) is 0 Å². The molecule has 0 saturated carbocycles. The van der Waals surface area contributed by atoms with Crippen molar-refractivity contribution in [2.45, 2.75) is 25.2 Å². The summed E-state index contributed by atoms with van der Waals surface area (Å²) in [5, 5.41) is 2.76. The molecule has 0 spiro atoms. The summed E-state index contributed by atoms with van der Waals surface area (Å²) in [4.78, 5) is 12.1. The standard InChI is InChI=1S/C18H22N2O4S/c1-13-4-5-15(12-14(13)2)20-18(21)10-11-19-25(22,23)17-8-6-16(24-3)7-9-17/h4-9,12,19H,10-11H2,1-3H3,(H,20,21). The highest BCUT2D eigenvalue weighted by Crippen LogP contribution is 2.16. The SMILES string of the molecule is COc1ccc(S(=O)(=O)NCCC(=O)Nc2ccc(C)c(C)c2)cc1. The minimum Gasteiger partial charge on any atom is -0.497 e. The summed E-state index contributed by atoms with van der Waals surface area (Å²) in [6, 6.07) is 11.7. The van der Waals surface area contributed by atoms with Gasteiger partial charge in [-0.15, -0.1) is 0 Å². The molecule has 2 aromatic carbocycles. The maximum absolute atomic E-state index is 12.2. The van der Waals surface area contributed by atoms with Crippen LogP contribution in [0.4, 0.5) is 5.69 Å². The first-order valence-corrected chi connectivity index (χ1v) is 9.31. The van der Waals surface area contributed by atoms with E-state index in [4.69, 9.17) is 4.74 Å². The zero-order valence-electron chi connectivity index (χ0n) is 14.5. The van der Waals surface area contributed by atoms with Crippen LogP contribution in [0, 0.1) is 13.8 Å². The maximum atomic E-state index is 12.2. The van der Waals surface area contributed by atoms with Crippen LogP contribution in [0.15, 0.2) is 47.4 Å². The van der Waals surface area contributed by atoms with Crippen molar-refractivity contribution >= 4 is 21.6 Å². The van der Waals surface area contributed by atoms with Crippen LogP contribution in [-0.2, 0) is 14.8 Å². The van der Waals surface area contributed by atoms with Crippen LogP contribution in [0.3, 0.4) is 0 Å². The lowest BCUT2D eigenvalue weighted by atomic mass is 10.1. The molecule has 2 rings (SSSR count). The van der Waals surface area contributed by atoms with E-state index >= 15 is 0 Å². The topological polar surface area (TPSA) is 84.5 Å². The molecule has 0 bridgehead atoms. The second kappa shape index (κ2) is 8.13. The van der Waals surface area contributed by atoms with Crippen LogP contribution in [-0.4, -0.2) is 28.0 Å². The number of benzene rings is 2. The fraction of sp³-hybridized carbons (Fsp3) is 0.278. The number of hydrogen-bond donors (Lipinski definition) is 2. The zero-order chi connectivity index (χ0) is 18.4. The Bertz CT molecular complexity index is 846. The molecule has 0 aliphatic carbocycles. The summed E-state index contributed by atoms with van der Waals surface area (Å²) >= 11 is 0. The van der Waals surface area contributed by atoms with Crippen molar-refractivity contribution in [1.29, 1.82) is 0 Å². The smallest absolute Gasteiger partial charge is 0.240 e. The van der Waals surface area contributed by atoms with Gasteiger partial charge in [0.25, 0.3) is 0 Å². The van der Waals surface area contributed by atoms with Crippen LogP contribution in [0.5, 0.6) is 5.75 Å². The van der Waals surface area contributed by atoms with Gasteiger partial charge in [-0.3, -0.25) is 4.79 Å². The Balaban J connectivity index is 1.87. The zero-order valence-corrected chi connectivity index (χ0v) is 15.3. The van der Waals surface area contributed by atoms with Crippen molar-refractivity contribution in [1.82, 2.24) is 4.72 Å². The van der Waals surface area contributed by atoms with Gasteiger partial charge in [0.15, 0.2) is 0 Å². The lowest BCUT2D eigenvalue weighted by Crippen LogP contribution is -2.27. The Morgan fingerprint density at radius 3 is 2.32 bits per heavy atom. The summed E-state index contributed by atoms with van der Waals surface area (Å²) in [7, 11) is -2.14. The number of nitrogens with one attached hydrogen (secondary N) is 2. The quantitative estimate of drug-likeness (QED) is 0.793. The van der Waals surface area contributed by atoms with Crippen molar-refractivity contribution in [2.24, 2.45) is 0 Å². The minimum absolute atomic E-state index is 0.0189. The molecule has 0 saturated heterocycles. The third kappa shape index (κ3) is 5.30. The molecule has 0 unspecified atom stereocenters. The molecule has 2 aromatic rings. The van der Waals surface area contributed by atoms with E-state index in [1.807, 2.05) is 32.0 Å². The summed E-state index contributed by atoms with van der Waals surface area (Å²) in [6.07, 6.45) is 0.0440. The van der Waals surface area contributed by atoms with Crippen molar-refractivity contribution in [3.05, 3.63) is 53.6 Å². The fourth-order valence-electron chi connectivity index (χ4n) is 2.18. The lowest BCUT2D eigenvalue weighted by Gasteiger charge is -2.09. The predicted octanol–water partition coefficient (Wildman–Crippen LogP) is 2.62. The third-order valence-electron chi connectivity index (χ3n) is 3.80. The van der Waals surface area contributed by atoms with E-state index in [-0.39, 0.29) is 23.8 Å². The first-order chi connectivity index (χ1) is 11.8. The van der Waals surface area contributed by atoms with Crippen LogP contribution in [0.2, 0.25) is 0 Å². The van der Waals surface area contributed by atoms with Crippen LogP contribution < -0.4 is 14.8 Å². The van der Waals surface area contributed by atoms with Crippen molar-refractivity contribution in [3.8, 4) is 5.75 Å². The Kier molecular flexibility index (Phi) is 6.17. The van der Waals surface area contributed by atoms with Gasteiger partial charge in [0.05, 0.1) is 12.0 Å². The molecule has 7 heteroatoms. The summed E-state index contributed by atoms with van der Waals surface area (Å²) in [5.74, 6) is 0.326. The van der Waals surface area contributed by atoms with E-state index in [9.17, 15) is 13.2 Å². The van der Waals surface area contributed by atoms with Crippen molar-refractivity contribution in [3.63, 3.8) is 0 Å². The highest BCUT2D eigenvalue weighted by atomic mass is 32.2. The van der Waals surface area contributed by atoms with Gasteiger partial charge >= 0.3 is 0 Å². The molecule has 2 N–H and O–H groups in total. The monoisotopic (exact) mass is 362 g/mol. The number of anilines is 1. The van der Waals surface area contributed by atoms with Gasteiger partial charge in [0.1, 0.15) is 5.75 Å². The molecule has 0 aliphatic heterocycles. The van der Waals surface area contributed by atoms with Gasteiger partial charge in [-0.25, -0.2) is 13.1 Å². The first kappa shape index (κ1) is 19.0. The molecule has 25 heavy (non-hydrogen) atoms. The third-order valence-corrected chi connectivity index (χ3v) is 5.28. The van der Waals surface area contributed by atoms with Gasteiger partial charge in [-0.1, -0.05) is 6.07 Å². The van der Waals surface area contributed by atoms with Gasteiger partial charge < -0.3 is 10.1 Å². The highest BCUT2D eigenvalue weighted by Gasteiger charge is 2.14. The molecule has 0 aromatic heterocycles. The number of hydrogen-bond acceptors (Lipinski definition) is 4. The van der Waals surface area contributed by atoms with E-state index in [0.717, 1.165) is 11.1 Å². The number of rotatable bonds is 7. The molecule has 0 atom stereocenters. The molecule has 6 nitrogen and oxygen atoms in total. The number of amides is 1. The number of aryl methyl sites for hydroxylation is 2. The molecule has 0 heterocycles. The minimum atomic E-state index is -3.65. The van der Waals surface area contributed by atoms with E-state index in [2.05, 4.69) is 10.0 Å². The highest BCUT2D eigenvalue weighted by molar-refractivity contribution is 7.89. The second-order valence-electron chi connectivity index (χ2n) is 5.67. The lowest BCUT2D eigenvalue weighted by molar-refractivity contribution is -0.116. The molecule has 1 amide bonds. The van der Waals surface area contributed by atoms with Crippen molar-refractivity contribution < 1.29 is 17.9 Å². The average Bonchev–Trinajstić information content (AvgIpc) is 2.58. The van der Waals surface area contributed by atoms with Crippen LogP contribution >= 0.6 is 0 Å². The molecular formula is C18H22N2O4S. The van der Waals surface area contributed by atoms with E-state index < -0.39 is 10.0 Å². The number of carbonyl (C=O) groups is 1. The normalized spacial score (nSPS) is 11.2. The maximum Gasteiger partial charge on any atom is 0.240 e. The number of ether oxygens (including phenoxy) is 1. The molecule has 0 aliphatic rings. The Morgan fingerprint density at radius 1 is 1.04 bits per heavy atom. The van der Waals surface area contributed by atoms with Crippen LogP contribution in [0.1, 0.15) is 17.5 Å². The molecule has 0 radical (unpaired) electrons. The van der Waals surface area contributed by atoms with E-state index in [1.165, 1.54) is 19.2 Å². The number of carbonyl (C=O) groups excluding carboxylic acids is 1. The fourth-order valence-corrected chi connectivity index (χ4v) is 3.21. The van der Waals surface area contributed by atoms with Gasteiger partial charge in [0.2, 0.25) is 15.9 Å². The van der Waals surface area contributed by atoms with Gasteiger partial charge in [-0.2, -0.15) is 0 Å². The molecular weight excluding hydrogens is 340 g/mol. The van der Waals surface area contributed by atoms with Crippen molar-refractivity contribution in [2.75, 3.05) is 19.0 Å². The molecule has 0 fully saturated rings. The number of sulfonamides is 1. The molecule has 134 valence electrons. The Hall–Kier alpha value is -2.38. The summed E-state index contributed by atoms with van der Waals surface area (Å²) in [6.45, 7) is 3.98.